The monoisotopic (exact) mass is 390 g/mol. The number of thiazole rings is 1. The Bertz CT molecular complexity index is 1130. The lowest BCUT2D eigenvalue weighted by molar-refractivity contribution is -0.120. The van der Waals surface area contributed by atoms with Crippen molar-refractivity contribution >= 4 is 28.4 Å². The number of benzene rings is 2. The Morgan fingerprint density at radius 3 is 2.82 bits per heavy atom. The number of methoxy groups -OCH3 is 1. The lowest BCUT2D eigenvalue weighted by Crippen LogP contribution is -2.20. The summed E-state index contributed by atoms with van der Waals surface area (Å²) in [6.45, 7) is 0. The van der Waals surface area contributed by atoms with E-state index in [0.717, 1.165) is 27.5 Å². The van der Waals surface area contributed by atoms with Crippen LogP contribution in [0.2, 0.25) is 0 Å². The molecule has 0 aliphatic carbocycles. The molecule has 0 spiro atoms. The second-order valence-corrected chi connectivity index (χ2v) is 6.92. The molecule has 140 valence electrons. The summed E-state index contributed by atoms with van der Waals surface area (Å²) in [6, 6.07) is 17.5. The smallest absolute Gasteiger partial charge is 0.246 e. The van der Waals surface area contributed by atoms with Gasteiger partial charge in [0.2, 0.25) is 5.91 Å². The summed E-state index contributed by atoms with van der Waals surface area (Å²) in [5.41, 5.74) is 6.18. The van der Waals surface area contributed by atoms with Crippen LogP contribution in [0, 0.1) is 0 Å². The third-order valence-electron chi connectivity index (χ3n) is 4.23. The van der Waals surface area contributed by atoms with Gasteiger partial charge in [0.05, 0.1) is 25.4 Å². The first-order chi connectivity index (χ1) is 13.7. The van der Waals surface area contributed by atoms with Gasteiger partial charge in [-0.05, 0) is 12.1 Å². The Hall–Kier alpha value is -3.45. The molecule has 0 aliphatic heterocycles. The summed E-state index contributed by atoms with van der Waals surface area (Å²) in [4.78, 5) is 17.8. The maximum absolute atomic E-state index is 12.3. The SMILES string of the molecule is COc1ccccc1/C=N/NC(=O)Cc1csc2nc(-c3ccccc3)cn12. The van der Waals surface area contributed by atoms with Gasteiger partial charge in [-0.2, -0.15) is 5.10 Å². The molecule has 0 saturated heterocycles. The van der Waals surface area contributed by atoms with Crippen LogP contribution in [0.15, 0.2) is 71.3 Å². The van der Waals surface area contributed by atoms with E-state index < -0.39 is 0 Å². The molecule has 2 aromatic heterocycles. The predicted octanol–water partition coefficient (Wildman–Crippen LogP) is 3.76. The number of para-hydroxylation sites is 1. The number of rotatable bonds is 6. The molecule has 6 nitrogen and oxygen atoms in total. The van der Waals surface area contributed by atoms with Gasteiger partial charge in [0, 0.05) is 28.4 Å². The van der Waals surface area contributed by atoms with Crippen LogP contribution in [0.5, 0.6) is 5.75 Å². The minimum atomic E-state index is -0.194. The molecule has 4 aromatic rings. The highest BCUT2D eigenvalue weighted by Gasteiger charge is 2.12. The van der Waals surface area contributed by atoms with Gasteiger partial charge in [0.15, 0.2) is 4.96 Å². The first-order valence-electron chi connectivity index (χ1n) is 8.70. The fraction of sp³-hybridized carbons (Fsp3) is 0.0952. The van der Waals surface area contributed by atoms with Crippen molar-refractivity contribution in [1.29, 1.82) is 0 Å². The van der Waals surface area contributed by atoms with Gasteiger partial charge >= 0.3 is 0 Å². The molecule has 0 unspecified atom stereocenters. The quantitative estimate of drug-likeness (QED) is 0.403. The first-order valence-corrected chi connectivity index (χ1v) is 9.58. The van der Waals surface area contributed by atoms with Crippen molar-refractivity contribution in [2.45, 2.75) is 6.42 Å². The van der Waals surface area contributed by atoms with E-state index in [1.165, 1.54) is 11.3 Å². The van der Waals surface area contributed by atoms with Crippen molar-refractivity contribution in [3.8, 4) is 17.0 Å². The molecule has 1 N–H and O–H groups in total. The third kappa shape index (κ3) is 3.79. The van der Waals surface area contributed by atoms with Crippen LogP contribution in [0.3, 0.4) is 0 Å². The second kappa shape index (κ2) is 8.06. The van der Waals surface area contributed by atoms with Crippen LogP contribution < -0.4 is 10.2 Å². The number of amides is 1. The molecule has 2 aromatic carbocycles. The Kier molecular flexibility index (Phi) is 5.16. The molecule has 0 fully saturated rings. The molecule has 0 radical (unpaired) electrons. The number of nitrogens with one attached hydrogen (secondary N) is 1. The van der Waals surface area contributed by atoms with E-state index in [9.17, 15) is 4.79 Å². The normalized spacial score (nSPS) is 11.2. The van der Waals surface area contributed by atoms with Crippen LogP contribution in [0.25, 0.3) is 16.2 Å². The number of carbonyl (C=O) groups is 1. The van der Waals surface area contributed by atoms with Gasteiger partial charge < -0.3 is 4.74 Å². The predicted molar refractivity (Wildman–Crippen MR) is 111 cm³/mol. The zero-order chi connectivity index (χ0) is 19.3. The highest BCUT2D eigenvalue weighted by Crippen LogP contribution is 2.23. The standard InChI is InChI=1S/C21H18N4O2S/c1-27-19-10-6-5-9-16(19)12-22-24-20(26)11-17-14-28-21-23-18(13-25(17)21)15-7-3-2-4-8-15/h2-10,12-14H,11H2,1H3,(H,24,26)/b22-12+. The van der Waals surface area contributed by atoms with Gasteiger partial charge in [0.1, 0.15) is 5.75 Å². The van der Waals surface area contributed by atoms with E-state index in [1.807, 2.05) is 70.6 Å². The number of hydrazone groups is 1. The Morgan fingerprint density at radius 2 is 2.00 bits per heavy atom. The van der Waals surface area contributed by atoms with Gasteiger partial charge in [0.25, 0.3) is 0 Å². The molecule has 4 rings (SSSR count). The maximum atomic E-state index is 12.3. The van der Waals surface area contributed by atoms with Gasteiger partial charge in [-0.1, -0.05) is 42.5 Å². The number of fused-ring (bicyclic) bond motifs is 1. The van der Waals surface area contributed by atoms with Crippen LogP contribution >= 0.6 is 11.3 Å². The topological polar surface area (TPSA) is 68.0 Å². The average Bonchev–Trinajstić information content (AvgIpc) is 3.31. The van der Waals surface area contributed by atoms with Crippen molar-refractivity contribution in [1.82, 2.24) is 14.8 Å². The summed E-state index contributed by atoms with van der Waals surface area (Å²) >= 11 is 1.51. The molecule has 7 heteroatoms. The van der Waals surface area contributed by atoms with E-state index in [4.69, 9.17) is 4.74 Å². The van der Waals surface area contributed by atoms with Crippen molar-refractivity contribution < 1.29 is 9.53 Å². The molecule has 0 aliphatic rings. The van der Waals surface area contributed by atoms with Crippen molar-refractivity contribution in [2.24, 2.45) is 5.10 Å². The summed E-state index contributed by atoms with van der Waals surface area (Å²) < 4.78 is 7.22. The Morgan fingerprint density at radius 1 is 1.21 bits per heavy atom. The van der Waals surface area contributed by atoms with Crippen LogP contribution in [-0.2, 0) is 11.2 Å². The maximum Gasteiger partial charge on any atom is 0.246 e. The van der Waals surface area contributed by atoms with Crippen LogP contribution in [0.4, 0.5) is 0 Å². The summed E-state index contributed by atoms with van der Waals surface area (Å²) in [7, 11) is 1.60. The molecule has 2 heterocycles. The van der Waals surface area contributed by atoms with Gasteiger partial charge in [-0.25, -0.2) is 10.4 Å². The zero-order valence-corrected chi connectivity index (χ0v) is 16.0. The summed E-state index contributed by atoms with van der Waals surface area (Å²) in [6.07, 6.45) is 3.75. The lowest BCUT2D eigenvalue weighted by Gasteiger charge is -2.03. The number of hydrogen-bond donors (Lipinski definition) is 1. The molecular formula is C21H18N4O2S. The molecule has 0 bridgehead atoms. The Balaban J connectivity index is 1.45. The summed E-state index contributed by atoms with van der Waals surface area (Å²) in [5.74, 6) is 0.507. The largest absolute Gasteiger partial charge is 0.496 e. The zero-order valence-electron chi connectivity index (χ0n) is 15.2. The van der Waals surface area contributed by atoms with Crippen LogP contribution in [0.1, 0.15) is 11.3 Å². The number of ether oxygens (including phenoxy) is 1. The van der Waals surface area contributed by atoms with Crippen molar-refractivity contribution in [3.05, 3.63) is 77.4 Å². The van der Waals surface area contributed by atoms with Crippen LogP contribution in [-0.4, -0.2) is 28.6 Å². The summed E-state index contributed by atoms with van der Waals surface area (Å²) in [5, 5.41) is 5.98. The fourth-order valence-electron chi connectivity index (χ4n) is 2.86. The molecule has 0 atom stereocenters. The molecular weight excluding hydrogens is 372 g/mol. The molecule has 28 heavy (non-hydrogen) atoms. The molecule has 1 amide bonds. The highest BCUT2D eigenvalue weighted by molar-refractivity contribution is 7.15. The molecule has 0 saturated carbocycles. The van der Waals surface area contributed by atoms with E-state index in [1.54, 1.807) is 13.3 Å². The van der Waals surface area contributed by atoms with Gasteiger partial charge in [-0.3, -0.25) is 9.20 Å². The van der Waals surface area contributed by atoms with E-state index in [0.29, 0.717) is 5.75 Å². The number of carbonyl (C=O) groups excluding carboxylic acids is 1. The number of nitrogens with zero attached hydrogens (tertiary/aromatic N) is 3. The fourth-order valence-corrected chi connectivity index (χ4v) is 3.73. The minimum absolute atomic E-state index is 0.194. The van der Waals surface area contributed by atoms with E-state index >= 15 is 0 Å². The average molecular weight is 390 g/mol. The second-order valence-electron chi connectivity index (χ2n) is 6.08. The number of hydrogen-bond acceptors (Lipinski definition) is 5. The minimum Gasteiger partial charge on any atom is -0.496 e. The van der Waals surface area contributed by atoms with Gasteiger partial charge in [-0.15, -0.1) is 11.3 Å². The number of aromatic nitrogens is 2. The lowest BCUT2D eigenvalue weighted by atomic mass is 10.2. The Labute approximate surface area is 166 Å². The van der Waals surface area contributed by atoms with Crippen molar-refractivity contribution in [3.63, 3.8) is 0 Å². The van der Waals surface area contributed by atoms with Crippen molar-refractivity contribution in [2.75, 3.05) is 7.11 Å². The first kappa shape index (κ1) is 17.9. The third-order valence-corrected chi connectivity index (χ3v) is 5.12. The van der Waals surface area contributed by atoms with E-state index in [-0.39, 0.29) is 12.3 Å². The van der Waals surface area contributed by atoms with E-state index in [2.05, 4.69) is 15.5 Å². The number of imidazole rings is 1. The highest BCUT2D eigenvalue weighted by atomic mass is 32.1.